The highest BCUT2D eigenvalue weighted by Crippen LogP contribution is 2.43. The third-order valence-corrected chi connectivity index (χ3v) is 6.10. The maximum Gasteiger partial charge on any atom is 0.300 e. The number of halogens is 1. The molecule has 2 aromatic carbocycles. The summed E-state index contributed by atoms with van der Waals surface area (Å²) < 4.78 is 5.37. The summed E-state index contributed by atoms with van der Waals surface area (Å²) in [5.74, 6) is -1.05. The molecule has 1 atom stereocenters. The normalized spacial score (nSPS) is 17.5. The Morgan fingerprint density at radius 1 is 1.06 bits per heavy atom. The molecule has 0 bridgehead atoms. The van der Waals surface area contributed by atoms with E-state index in [0.29, 0.717) is 33.1 Å². The Morgan fingerprint density at radius 2 is 1.82 bits per heavy atom. The number of amides is 1. The van der Waals surface area contributed by atoms with Crippen LogP contribution in [0.15, 0.2) is 60.4 Å². The largest absolute Gasteiger partial charge is 0.507 e. The van der Waals surface area contributed by atoms with Gasteiger partial charge in [-0.05, 0) is 79.4 Å². The van der Waals surface area contributed by atoms with Crippen molar-refractivity contribution in [3.8, 4) is 5.75 Å². The topological polar surface area (TPSA) is 79.7 Å². The average molecular weight is 463 g/mol. The maximum atomic E-state index is 13.3. The molecule has 7 heteroatoms. The Hall–Kier alpha value is -3.64. The van der Waals surface area contributed by atoms with E-state index >= 15 is 0 Å². The van der Waals surface area contributed by atoms with Crippen molar-refractivity contribution in [2.24, 2.45) is 0 Å². The molecule has 0 aliphatic carbocycles. The lowest BCUT2D eigenvalue weighted by Gasteiger charge is -2.26. The van der Waals surface area contributed by atoms with E-state index in [1.807, 2.05) is 20.8 Å². The SMILES string of the molecule is COc1cc(C)c(/C(O)=C2\C(=O)C(=O)N(c3ccc(Cl)cc3C)C2c2cccnc2)cc1C. The summed E-state index contributed by atoms with van der Waals surface area (Å²) in [5.41, 5.74) is 3.87. The van der Waals surface area contributed by atoms with Crippen molar-refractivity contribution in [3.63, 3.8) is 0 Å². The second-order valence-corrected chi connectivity index (χ2v) is 8.46. The molecule has 1 aliphatic heterocycles. The zero-order valence-corrected chi connectivity index (χ0v) is 19.5. The number of aromatic nitrogens is 1. The average Bonchev–Trinajstić information content (AvgIpc) is 3.06. The van der Waals surface area contributed by atoms with Crippen molar-refractivity contribution in [1.29, 1.82) is 0 Å². The molecule has 0 radical (unpaired) electrons. The molecule has 3 aromatic rings. The van der Waals surface area contributed by atoms with Crippen LogP contribution in [0.4, 0.5) is 5.69 Å². The molecule has 4 rings (SSSR count). The number of Topliss-reactive ketones (excluding diaryl/α,β-unsaturated/α-hetero) is 1. The highest BCUT2D eigenvalue weighted by Gasteiger charge is 2.47. The number of rotatable bonds is 4. The van der Waals surface area contributed by atoms with Gasteiger partial charge in [0.2, 0.25) is 0 Å². The molecule has 1 aromatic heterocycles. The highest BCUT2D eigenvalue weighted by atomic mass is 35.5. The van der Waals surface area contributed by atoms with E-state index in [-0.39, 0.29) is 11.3 Å². The van der Waals surface area contributed by atoms with E-state index in [4.69, 9.17) is 16.3 Å². The van der Waals surface area contributed by atoms with Gasteiger partial charge in [0.25, 0.3) is 11.7 Å². The monoisotopic (exact) mass is 462 g/mol. The number of aliphatic hydroxyl groups is 1. The second-order valence-electron chi connectivity index (χ2n) is 8.02. The molecule has 1 unspecified atom stereocenters. The summed E-state index contributed by atoms with van der Waals surface area (Å²) in [6.07, 6.45) is 3.20. The fraction of sp³-hybridized carbons (Fsp3) is 0.192. The molecule has 1 saturated heterocycles. The number of anilines is 1. The van der Waals surface area contributed by atoms with Crippen molar-refractivity contribution in [2.75, 3.05) is 12.0 Å². The van der Waals surface area contributed by atoms with Crippen LogP contribution in [0.3, 0.4) is 0 Å². The Kier molecular flexibility index (Phi) is 5.95. The van der Waals surface area contributed by atoms with Crippen LogP contribution < -0.4 is 9.64 Å². The number of hydrogen-bond acceptors (Lipinski definition) is 5. The Bertz CT molecular complexity index is 1300. The first-order chi connectivity index (χ1) is 15.7. The number of methoxy groups -OCH3 is 1. The van der Waals surface area contributed by atoms with Gasteiger partial charge in [-0.3, -0.25) is 19.5 Å². The number of ketones is 1. The molecule has 6 nitrogen and oxygen atoms in total. The number of pyridine rings is 1. The van der Waals surface area contributed by atoms with Gasteiger partial charge < -0.3 is 9.84 Å². The number of benzene rings is 2. The number of ether oxygens (including phenoxy) is 1. The van der Waals surface area contributed by atoms with Crippen LogP contribution in [0.1, 0.15) is 33.9 Å². The summed E-state index contributed by atoms with van der Waals surface area (Å²) in [7, 11) is 1.57. The first-order valence-corrected chi connectivity index (χ1v) is 10.7. The van der Waals surface area contributed by atoms with Crippen molar-refractivity contribution in [1.82, 2.24) is 4.98 Å². The van der Waals surface area contributed by atoms with Crippen molar-refractivity contribution >= 4 is 34.7 Å². The zero-order valence-electron chi connectivity index (χ0n) is 18.7. The number of carbonyl (C=O) groups is 2. The van der Waals surface area contributed by atoms with Crippen LogP contribution in [0.2, 0.25) is 5.02 Å². The van der Waals surface area contributed by atoms with Gasteiger partial charge in [-0.2, -0.15) is 0 Å². The van der Waals surface area contributed by atoms with E-state index < -0.39 is 17.7 Å². The molecule has 168 valence electrons. The fourth-order valence-electron chi connectivity index (χ4n) is 4.23. The quantitative estimate of drug-likeness (QED) is 0.323. The van der Waals surface area contributed by atoms with Gasteiger partial charge in [0.05, 0.1) is 18.7 Å². The number of aryl methyl sites for hydroxylation is 3. The summed E-state index contributed by atoms with van der Waals surface area (Å²) >= 11 is 6.12. The maximum absolute atomic E-state index is 13.3. The van der Waals surface area contributed by atoms with E-state index in [1.54, 1.807) is 62.0 Å². The van der Waals surface area contributed by atoms with Gasteiger partial charge in [-0.1, -0.05) is 17.7 Å². The molecule has 2 heterocycles. The molecular weight excluding hydrogens is 440 g/mol. The zero-order chi connectivity index (χ0) is 23.9. The molecule has 0 spiro atoms. The third-order valence-electron chi connectivity index (χ3n) is 5.86. The lowest BCUT2D eigenvalue weighted by atomic mass is 9.93. The molecule has 1 amide bonds. The van der Waals surface area contributed by atoms with Crippen molar-refractivity contribution < 1.29 is 19.4 Å². The number of hydrogen-bond donors (Lipinski definition) is 1. The number of carbonyl (C=O) groups excluding carboxylic acids is 2. The predicted molar refractivity (Wildman–Crippen MR) is 128 cm³/mol. The fourth-order valence-corrected chi connectivity index (χ4v) is 4.46. The van der Waals surface area contributed by atoms with E-state index in [0.717, 1.165) is 11.1 Å². The van der Waals surface area contributed by atoms with Gasteiger partial charge in [-0.25, -0.2) is 0 Å². The van der Waals surface area contributed by atoms with Gasteiger partial charge >= 0.3 is 0 Å². The van der Waals surface area contributed by atoms with Crippen molar-refractivity contribution in [3.05, 3.63) is 93.3 Å². The molecule has 1 fully saturated rings. The van der Waals surface area contributed by atoms with Crippen LogP contribution in [-0.4, -0.2) is 28.9 Å². The van der Waals surface area contributed by atoms with Gasteiger partial charge in [0.1, 0.15) is 11.5 Å². The minimum absolute atomic E-state index is 0.00927. The number of aliphatic hydroxyl groups excluding tert-OH is 1. The van der Waals surface area contributed by atoms with Crippen LogP contribution in [-0.2, 0) is 9.59 Å². The molecule has 33 heavy (non-hydrogen) atoms. The highest BCUT2D eigenvalue weighted by molar-refractivity contribution is 6.51. The summed E-state index contributed by atoms with van der Waals surface area (Å²) in [4.78, 5) is 32.2. The smallest absolute Gasteiger partial charge is 0.300 e. The van der Waals surface area contributed by atoms with Crippen molar-refractivity contribution in [2.45, 2.75) is 26.8 Å². The Labute approximate surface area is 197 Å². The molecule has 1 aliphatic rings. The predicted octanol–water partition coefficient (Wildman–Crippen LogP) is 5.30. The van der Waals surface area contributed by atoms with Crippen LogP contribution in [0.5, 0.6) is 5.75 Å². The van der Waals surface area contributed by atoms with E-state index in [1.165, 1.54) is 4.90 Å². The Morgan fingerprint density at radius 3 is 2.45 bits per heavy atom. The molecule has 0 saturated carbocycles. The van der Waals surface area contributed by atoms with Crippen LogP contribution in [0, 0.1) is 20.8 Å². The van der Waals surface area contributed by atoms with Crippen LogP contribution in [0.25, 0.3) is 5.76 Å². The van der Waals surface area contributed by atoms with E-state index in [9.17, 15) is 14.7 Å². The lowest BCUT2D eigenvalue weighted by molar-refractivity contribution is -0.132. The lowest BCUT2D eigenvalue weighted by Crippen LogP contribution is -2.30. The Balaban J connectivity index is 1.98. The first kappa shape index (κ1) is 22.6. The molecule has 1 N–H and O–H groups in total. The van der Waals surface area contributed by atoms with Gasteiger partial charge in [-0.15, -0.1) is 0 Å². The minimum atomic E-state index is -0.847. The number of nitrogens with zero attached hydrogens (tertiary/aromatic N) is 2. The van der Waals surface area contributed by atoms with Crippen LogP contribution >= 0.6 is 11.6 Å². The summed E-state index contributed by atoms with van der Waals surface area (Å²) in [6, 6.07) is 11.3. The van der Waals surface area contributed by atoms with E-state index in [2.05, 4.69) is 4.98 Å². The standard InChI is InChI=1S/C26H23ClN2O4/c1-14-12-21(33-4)16(3)11-19(14)24(30)22-23(17-6-5-9-28-13-17)29(26(32)25(22)31)20-8-7-18(27)10-15(20)2/h5-13,23,30H,1-4H3/b24-22+. The first-order valence-electron chi connectivity index (χ1n) is 10.4. The van der Waals surface area contributed by atoms with Gasteiger partial charge in [0.15, 0.2) is 0 Å². The third kappa shape index (κ3) is 3.87. The summed E-state index contributed by atoms with van der Waals surface area (Å²) in [5, 5.41) is 11.9. The second kappa shape index (κ2) is 8.71. The molecular formula is C26H23ClN2O4. The van der Waals surface area contributed by atoms with Gasteiger partial charge in [0, 0.05) is 28.7 Å². The minimum Gasteiger partial charge on any atom is -0.507 e. The summed E-state index contributed by atoms with van der Waals surface area (Å²) in [6.45, 7) is 5.48.